The van der Waals surface area contributed by atoms with E-state index in [1.165, 1.54) is 12.1 Å². The first kappa shape index (κ1) is 14.6. The lowest BCUT2D eigenvalue weighted by atomic mass is 10.1. The molecule has 0 heterocycles. The van der Waals surface area contributed by atoms with Gasteiger partial charge in [0.05, 0.1) is 16.2 Å². The number of carbonyl (C=O) groups is 1. The zero-order valence-corrected chi connectivity index (χ0v) is 10.4. The lowest BCUT2D eigenvalue weighted by Crippen LogP contribution is -2.26. The molecule has 0 saturated carbocycles. The molecule has 1 atom stereocenters. The molecule has 0 radical (unpaired) electrons. The van der Waals surface area contributed by atoms with E-state index < -0.39 is 4.92 Å². The molecule has 1 rings (SSSR count). The second kappa shape index (κ2) is 6.47. The van der Waals surface area contributed by atoms with Crippen LogP contribution in [0.4, 0.5) is 11.4 Å². The van der Waals surface area contributed by atoms with Gasteiger partial charge < -0.3 is 11.1 Å². The summed E-state index contributed by atoms with van der Waals surface area (Å²) >= 11 is 0. The van der Waals surface area contributed by atoms with Crippen LogP contribution in [0.5, 0.6) is 0 Å². The Hall–Kier alpha value is -2.46. The number of rotatable bonds is 5. The minimum absolute atomic E-state index is 0.0487. The van der Waals surface area contributed by atoms with Crippen LogP contribution in [-0.4, -0.2) is 16.9 Å². The van der Waals surface area contributed by atoms with Crippen molar-refractivity contribution < 1.29 is 9.72 Å². The van der Waals surface area contributed by atoms with Crippen molar-refractivity contribution >= 4 is 17.3 Å². The summed E-state index contributed by atoms with van der Waals surface area (Å²) in [6, 6.07) is 5.26. The maximum atomic E-state index is 11.6. The second-order valence-corrected chi connectivity index (χ2v) is 4.02. The van der Waals surface area contributed by atoms with Gasteiger partial charge in [0.1, 0.15) is 6.07 Å². The van der Waals surface area contributed by atoms with Gasteiger partial charge >= 0.3 is 0 Å². The minimum Gasteiger partial charge on any atom is -0.327 e. The molecule has 0 aliphatic rings. The highest BCUT2D eigenvalue weighted by molar-refractivity contribution is 5.92. The second-order valence-electron chi connectivity index (χ2n) is 4.02. The van der Waals surface area contributed by atoms with Crippen molar-refractivity contribution in [2.45, 2.75) is 25.8 Å². The molecule has 1 unspecified atom stereocenters. The maximum absolute atomic E-state index is 11.6. The molecule has 19 heavy (non-hydrogen) atoms. The zero-order valence-electron chi connectivity index (χ0n) is 10.4. The van der Waals surface area contributed by atoms with Crippen molar-refractivity contribution in [1.82, 2.24) is 0 Å². The Morgan fingerprint density at radius 3 is 2.84 bits per heavy atom. The van der Waals surface area contributed by atoms with Gasteiger partial charge in [0.15, 0.2) is 0 Å². The van der Waals surface area contributed by atoms with Gasteiger partial charge in [0, 0.05) is 24.6 Å². The van der Waals surface area contributed by atoms with Crippen LogP contribution >= 0.6 is 0 Å². The van der Waals surface area contributed by atoms with Gasteiger partial charge in [-0.3, -0.25) is 14.9 Å². The number of amides is 1. The lowest BCUT2D eigenvalue weighted by molar-refractivity contribution is -0.384. The number of nitrogens with two attached hydrogens (primary N) is 1. The fraction of sp³-hybridized carbons (Fsp3) is 0.333. The average molecular weight is 262 g/mol. The summed E-state index contributed by atoms with van der Waals surface area (Å²) in [5.41, 5.74) is 5.75. The first-order chi connectivity index (χ1) is 8.97. The topological polar surface area (TPSA) is 122 Å². The van der Waals surface area contributed by atoms with Gasteiger partial charge in [0.2, 0.25) is 5.91 Å². The number of nitro benzene ring substituents is 1. The number of hydrogen-bond acceptors (Lipinski definition) is 5. The quantitative estimate of drug-likeness (QED) is 0.615. The van der Waals surface area contributed by atoms with Crippen molar-refractivity contribution in [1.29, 1.82) is 5.26 Å². The van der Waals surface area contributed by atoms with Crippen molar-refractivity contribution in [3.05, 3.63) is 33.9 Å². The fourth-order valence-electron chi connectivity index (χ4n) is 1.43. The van der Waals surface area contributed by atoms with Crippen molar-refractivity contribution in [3.8, 4) is 6.07 Å². The summed E-state index contributed by atoms with van der Waals surface area (Å²) in [7, 11) is 0. The molecule has 1 aromatic carbocycles. The number of nitrogens with one attached hydrogen (secondary N) is 1. The van der Waals surface area contributed by atoms with Gasteiger partial charge in [-0.15, -0.1) is 0 Å². The van der Waals surface area contributed by atoms with Gasteiger partial charge in [-0.05, 0) is 12.5 Å². The zero-order chi connectivity index (χ0) is 14.4. The number of benzene rings is 1. The van der Waals surface area contributed by atoms with Gasteiger partial charge in [-0.1, -0.05) is 6.92 Å². The van der Waals surface area contributed by atoms with E-state index in [9.17, 15) is 14.9 Å². The molecular formula is C12H14N4O3. The third-order valence-electron chi connectivity index (χ3n) is 2.58. The highest BCUT2D eigenvalue weighted by atomic mass is 16.6. The minimum atomic E-state index is -0.598. The summed E-state index contributed by atoms with van der Waals surface area (Å²) in [5.74, 6) is -0.320. The number of carbonyl (C=O) groups excluding carboxylic acids is 1. The van der Waals surface area contributed by atoms with E-state index in [2.05, 4.69) is 5.32 Å². The number of hydrogen-bond donors (Lipinski definition) is 2. The molecule has 0 fully saturated rings. The van der Waals surface area contributed by atoms with Crippen molar-refractivity contribution in [3.63, 3.8) is 0 Å². The van der Waals surface area contributed by atoms with Gasteiger partial charge in [-0.25, -0.2) is 0 Å². The third kappa shape index (κ3) is 4.04. The molecule has 0 bridgehead atoms. The van der Waals surface area contributed by atoms with E-state index in [0.717, 1.165) is 6.07 Å². The van der Waals surface area contributed by atoms with E-state index in [1.807, 2.05) is 13.0 Å². The monoisotopic (exact) mass is 262 g/mol. The van der Waals surface area contributed by atoms with Crippen molar-refractivity contribution in [2.24, 2.45) is 5.73 Å². The van der Waals surface area contributed by atoms with Crippen LogP contribution in [0, 0.1) is 21.4 Å². The predicted molar refractivity (Wildman–Crippen MR) is 69.3 cm³/mol. The predicted octanol–water partition coefficient (Wildman–Crippen LogP) is 1.53. The van der Waals surface area contributed by atoms with E-state index in [4.69, 9.17) is 11.0 Å². The summed E-state index contributed by atoms with van der Waals surface area (Å²) in [6.45, 7) is 1.87. The standard InChI is InChI=1S/C12H14N4O3/c1-2-9(14)6-12(17)15-11-4-3-10(16(18)19)5-8(11)7-13/h3-5,9H,2,6,14H2,1H3,(H,15,17). The molecule has 1 aromatic rings. The van der Waals surface area contributed by atoms with Crippen LogP contribution in [-0.2, 0) is 4.79 Å². The SMILES string of the molecule is CCC(N)CC(=O)Nc1ccc([N+](=O)[O-])cc1C#N. The molecule has 0 aromatic heterocycles. The van der Waals surface area contributed by atoms with Crippen LogP contribution in [0.15, 0.2) is 18.2 Å². The van der Waals surface area contributed by atoms with Gasteiger partial charge in [0.25, 0.3) is 5.69 Å². The molecule has 3 N–H and O–H groups in total. The van der Waals surface area contributed by atoms with E-state index in [1.54, 1.807) is 0 Å². The molecule has 7 heteroatoms. The Bertz CT molecular complexity index is 536. The number of nitriles is 1. The van der Waals surface area contributed by atoms with Crippen LogP contribution in [0.2, 0.25) is 0 Å². The fourth-order valence-corrected chi connectivity index (χ4v) is 1.43. The van der Waals surface area contributed by atoms with E-state index >= 15 is 0 Å². The lowest BCUT2D eigenvalue weighted by Gasteiger charge is -2.10. The Morgan fingerprint density at radius 2 is 2.32 bits per heavy atom. The smallest absolute Gasteiger partial charge is 0.270 e. The van der Waals surface area contributed by atoms with Crippen LogP contribution in [0.3, 0.4) is 0 Å². The number of anilines is 1. The highest BCUT2D eigenvalue weighted by Gasteiger charge is 2.13. The third-order valence-corrected chi connectivity index (χ3v) is 2.58. The first-order valence-electron chi connectivity index (χ1n) is 5.72. The van der Waals surface area contributed by atoms with Crippen LogP contribution in [0.25, 0.3) is 0 Å². The molecule has 0 saturated heterocycles. The summed E-state index contributed by atoms with van der Waals surface area (Å²) in [6.07, 6.45) is 0.803. The summed E-state index contributed by atoms with van der Waals surface area (Å²) in [5, 5.41) is 22.0. The normalized spacial score (nSPS) is 11.4. The number of non-ortho nitro benzene ring substituents is 1. The maximum Gasteiger partial charge on any atom is 0.270 e. The summed E-state index contributed by atoms with van der Waals surface area (Å²) in [4.78, 5) is 21.6. The Morgan fingerprint density at radius 1 is 1.63 bits per heavy atom. The Balaban J connectivity index is 2.87. The van der Waals surface area contributed by atoms with Crippen LogP contribution < -0.4 is 11.1 Å². The number of nitrogens with zero attached hydrogens (tertiary/aromatic N) is 2. The average Bonchev–Trinajstić information content (AvgIpc) is 2.38. The highest BCUT2D eigenvalue weighted by Crippen LogP contribution is 2.21. The summed E-state index contributed by atoms with van der Waals surface area (Å²) < 4.78 is 0. The molecule has 0 aliphatic carbocycles. The first-order valence-corrected chi connectivity index (χ1v) is 5.72. The molecule has 0 spiro atoms. The Labute approximate surface area is 110 Å². The largest absolute Gasteiger partial charge is 0.327 e. The number of nitro groups is 1. The van der Waals surface area contributed by atoms with Crippen LogP contribution in [0.1, 0.15) is 25.3 Å². The molecule has 1 amide bonds. The molecule has 7 nitrogen and oxygen atoms in total. The van der Waals surface area contributed by atoms with Crippen molar-refractivity contribution in [2.75, 3.05) is 5.32 Å². The van der Waals surface area contributed by atoms with E-state index in [0.29, 0.717) is 6.42 Å². The molecule has 100 valence electrons. The van der Waals surface area contributed by atoms with Gasteiger partial charge in [-0.2, -0.15) is 5.26 Å². The molecule has 0 aliphatic heterocycles. The molecular weight excluding hydrogens is 248 g/mol. The Kier molecular flexibility index (Phi) is 4.97. The van der Waals surface area contributed by atoms with E-state index in [-0.39, 0.29) is 35.3 Å².